The number of aryl methyl sites for hydroxylation is 1. The van der Waals surface area contributed by atoms with Crippen molar-refractivity contribution < 1.29 is 9.59 Å². The van der Waals surface area contributed by atoms with Gasteiger partial charge in [0.15, 0.2) is 5.78 Å². The maximum atomic E-state index is 12.1. The van der Waals surface area contributed by atoms with Crippen molar-refractivity contribution in [2.75, 3.05) is 13.6 Å². The molecule has 0 aliphatic carbocycles. The maximum Gasteiger partial charge on any atom is 0.220 e. The third-order valence-electron chi connectivity index (χ3n) is 3.77. The number of Topliss-reactive ketones (excluding diaryl/α,β-unsaturated/α-hetero) is 1. The van der Waals surface area contributed by atoms with Crippen LogP contribution in [0, 0.1) is 0 Å². The Morgan fingerprint density at radius 3 is 2.41 bits per heavy atom. The number of benzene rings is 1. The molecule has 2 N–H and O–H groups in total. The lowest BCUT2D eigenvalue weighted by atomic mass is 10.0. The summed E-state index contributed by atoms with van der Waals surface area (Å²) in [5, 5.41) is 5.87. The van der Waals surface area contributed by atoms with Gasteiger partial charge in [0, 0.05) is 31.0 Å². The number of likely N-dealkylation sites (N-methyl/N-ethyl adjacent to an activating group) is 1. The zero-order valence-electron chi connectivity index (χ0n) is 13.9. The molecule has 4 heteroatoms. The highest BCUT2D eigenvalue weighted by molar-refractivity contribution is 5.97. The van der Waals surface area contributed by atoms with Gasteiger partial charge in [0.1, 0.15) is 0 Å². The van der Waals surface area contributed by atoms with Gasteiger partial charge >= 0.3 is 0 Å². The van der Waals surface area contributed by atoms with Gasteiger partial charge in [0.05, 0.1) is 0 Å². The summed E-state index contributed by atoms with van der Waals surface area (Å²) in [6, 6.07) is 7.99. The van der Waals surface area contributed by atoms with Crippen LogP contribution in [0.25, 0.3) is 0 Å². The molecule has 0 radical (unpaired) electrons. The van der Waals surface area contributed by atoms with Crippen molar-refractivity contribution in [2.45, 2.75) is 52.0 Å². The third kappa shape index (κ3) is 6.85. The van der Waals surface area contributed by atoms with E-state index in [-0.39, 0.29) is 30.6 Å². The molecule has 1 amide bonds. The highest BCUT2D eigenvalue weighted by atomic mass is 16.2. The Labute approximate surface area is 133 Å². The minimum Gasteiger partial charge on any atom is -0.355 e. The van der Waals surface area contributed by atoms with E-state index in [1.54, 1.807) is 0 Å². The van der Waals surface area contributed by atoms with E-state index in [4.69, 9.17) is 0 Å². The van der Waals surface area contributed by atoms with Crippen LogP contribution in [0.3, 0.4) is 0 Å². The fourth-order valence-electron chi connectivity index (χ4n) is 2.07. The number of unbranched alkanes of at least 4 members (excludes halogenated alkanes) is 1. The van der Waals surface area contributed by atoms with Crippen molar-refractivity contribution in [1.29, 1.82) is 0 Å². The van der Waals surface area contributed by atoms with Crippen LogP contribution in [0.1, 0.15) is 55.5 Å². The molecule has 0 saturated heterocycles. The summed E-state index contributed by atoms with van der Waals surface area (Å²) in [5.74, 6) is -0.0473. The summed E-state index contributed by atoms with van der Waals surface area (Å²) in [6.07, 6.45) is 3.89. The Hall–Kier alpha value is -1.68. The second-order valence-corrected chi connectivity index (χ2v) is 5.72. The fourth-order valence-corrected chi connectivity index (χ4v) is 2.07. The van der Waals surface area contributed by atoms with Gasteiger partial charge in [-0.15, -0.1) is 0 Å². The molecular weight excluding hydrogens is 276 g/mol. The van der Waals surface area contributed by atoms with Gasteiger partial charge < -0.3 is 10.6 Å². The Kier molecular flexibility index (Phi) is 8.44. The number of nitrogens with one attached hydrogen (secondary N) is 2. The molecule has 1 atom stereocenters. The van der Waals surface area contributed by atoms with E-state index in [0.29, 0.717) is 12.1 Å². The van der Waals surface area contributed by atoms with Gasteiger partial charge in [0.2, 0.25) is 5.91 Å². The molecule has 0 aliphatic rings. The summed E-state index contributed by atoms with van der Waals surface area (Å²) in [4.78, 5) is 23.8. The van der Waals surface area contributed by atoms with Gasteiger partial charge in [-0.25, -0.2) is 0 Å². The molecule has 122 valence electrons. The highest BCUT2D eigenvalue weighted by Crippen LogP contribution is 2.10. The zero-order valence-corrected chi connectivity index (χ0v) is 13.9. The molecule has 1 unspecified atom stereocenters. The quantitative estimate of drug-likeness (QED) is 0.653. The molecule has 0 saturated carbocycles. The number of carbonyl (C=O) groups is 2. The molecule has 0 heterocycles. The predicted molar refractivity (Wildman–Crippen MR) is 90.1 cm³/mol. The zero-order chi connectivity index (χ0) is 16.4. The maximum absolute atomic E-state index is 12.1. The molecule has 4 nitrogen and oxygen atoms in total. The summed E-state index contributed by atoms with van der Waals surface area (Å²) in [5.41, 5.74) is 1.95. The molecule has 0 bridgehead atoms. The summed E-state index contributed by atoms with van der Waals surface area (Å²) in [7, 11) is 1.85. The van der Waals surface area contributed by atoms with Crippen LogP contribution in [-0.4, -0.2) is 31.3 Å². The van der Waals surface area contributed by atoms with E-state index in [1.165, 1.54) is 18.4 Å². The normalized spacial score (nSPS) is 12.0. The molecule has 0 spiro atoms. The van der Waals surface area contributed by atoms with Crippen LogP contribution >= 0.6 is 0 Å². The van der Waals surface area contributed by atoms with Crippen molar-refractivity contribution in [3.8, 4) is 0 Å². The van der Waals surface area contributed by atoms with Gasteiger partial charge in [0.25, 0.3) is 0 Å². The number of rotatable bonds is 10. The van der Waals surface area contributed by atoms with Crippen LogP contribution in [0.2, 0.25) is 0 Å². The van der Waals surface area contributed by atoms with Crippen molar-refractivity contribution in [3.63, 3.8) is 0 Å². The average Bonchev–Trinajstić information content (AvgIpc) is 2.55. The van der Waals surface area contributed by atoms with Crippen molar-refractivity contribution in [2.24, 2.45) is 0 Å². The van der Waals surface area contributed by atoms with Crippen LogP contribution in [0.5, 0.6) is 0 Å². The predicted octanol–water partition coefficient (Wildman–Crippen LogP) is 2.72. The molecule has 0 aromatic heterocycles. The Morgan fingerprint density at radius 2 is 1.82 bits per heavy atom. The fraction of sp³-hybridized carbons (Fsp3) is 0.556. The lowest BCUT2D eigenvalue weighted by Gasteiger charge is -2.11. The van der Waals surface area contributed by atoms with Gasteiger partial charge in [-0.3, -0.25) is 9.59 Å². The van der Waals surface area contributed by atoms with E-state index >= 15 is 0 Å². The average molecular weight is 304 g/mol. The first kappa shape index (κ1) is 18.4. The Morgan fingerprint density at radius 1 is 1.14 bits per heavy atom. The molecule has 1 aromatic carbocycles. The molecule has 1 rings (SSSR count). The molecule has 22 heavy (non-hydrogen) atoms. The molecule has 0 aliphatic heterocycles. The standard InChI is InChI=1S/C18H28N2O2/c1-4-5-6-15-7-9-16(10-8-15)17(21)11-12-18(22)20-13-14(2)19-3/h7-10,14,19H,4-6,11-13H2,1-3H3,(H,20,22). The largest absolute Gasteiger partial charge is 0.355 e. The first-order chi connectivity index (χ1) is 10.6. The van der Waals surface area contributed by atoms with E-state index in [1.807, 2.05) is 38.2 Å². The number of hydrogen-bond acceptors (Lipinski definition) is 3. The Bertz CT molecular complexity index is 468. The first-order valence-electron chi connectivity index (χ1n) is 8.13. The second kappa shape index (κ2) is 10.1. The number of ketones is 1. The second-order valence-electron chi connectivity index (χ2n) is 5.72. The Balaban J connectivity index is 2.37. The SMILES string of the molecule is CCCCc1ccc(C(=O)CCC(=O)NCC(C)NC)cc1. The van der Waals surface area contributed by atoms with Gasteiger partial charge in [-0.2, -0.15) is 0 Å². The minimum atomic E-state index is -0.0741. The monoisotopic (exact) mass is 304 g/mol. The lowest BCUT2D eigenvalue weighted by molar-refractivity contribution is -0.121. The highest BCUT2D eigenvalue weighted by Gasteiger charge is 2.10. The minimum absolute atomic E-state index is 0.0267. The van der Waals surface area contributed by atoms with Crippen LogP contribution in [-0.2, 0) is 11.2 Å². The summed E-state index contributed by atoms with van der Waals surface area (Å²) < 4.78 is 0. The number of carbonyl (C=O) groups excluding carboxylic acids is 2. The van der Waals surface area contributed by atoms with E-state index < -0.39 is 0 Å². The van der Waals surface area contributed by atoms with Gasteiger partial charge in [-0.1, -0.05) is 37.6 Å². The van der Waals surface area contributed by atoms with Crippen LogP contribution in [0.15, 0.2) is 24.3 Å². The van der Waals surface area contributed by atoms with E-state index in [0.717, 1.165) is 6.42 Å². The van der Waals surface area contributed by atoms with E-state index in [9.17, 15) is 9.59 Å². The third-order valence-corrected chi connectivity index (χ3v) is 3.77. The van der Waals surface area contributed by atoms with Gasteiger partial charge in [-0.05, 0) is 32.4 Å². The smallest absolute Gasteiger partial charge is 0.220 e. The van der Waals surface area contributed by atoms with Crippen molar-refractivity contribution in [3.05, 3.63) is 35.4 Å². The van der Waals surface area contributed by atoms with Crippen LogP contribution in [0.4, 0.5) is 0 Å². The molecule has 0 fully saturated rings. The lowest BCUT2D eigenvalue weighted by Crippen LogP contribution is -2.37. The van der Waals surface area contributed by atoms with E-state index in [2.05, 4.69) is 17.6 Å². The molecular formula is C18H28N2O2. The summed E-state index contributed by atoms with van der Waals surface area (Å²) >= 11 is 0. The molecule has 1 aromatic rings. The first-order valence-corrected chi connectivity index (χ1v) is 8.13. The van der Waals surface area contributed by atoms with Crippen LogP contribution < -0.4 is 10.6 Å². The topological polar surface area (TPSA) is 58.2 Å². The number of hydrogen-bond donors (Lipinski definition) is 2. The van der Waals surface area contributed by atoms with Crippen molar-refractivity contribution >= 4 is 11.7 Å². The number of amides is 1. The van der Waals surface area contributed by atoms with Crippen molar-refractivity contribution in [1.82, 2.24) is 10.6 Å². The summed E-state index contributed by atoms with van der Waals surface area (Å²) in [6.45, 7) is 4.74.